The Morgan fingerprint density at radius 2 is 2.05 bits per heavy atom. The predicted molar refractivity (Wildman–Crippen MR) is 66.0 cm³/mol. The summed E-state index contributed by atoms with van der Waals surface area (Å²) in [7, 11) is 0. The Morgan fingerprint density at radius 3 is 2.68 bits per heavy atom. The van der Waals surface area contributed by atoms with Gasteiger partial charge in [0.05, 0.1) is 11.6 Å². The first-order valence-corrected chi connectivity index (χ1v) is 6.04. The number of fused-ring (bicyclic) bond motifs is 1. The van der Waals surface area contributed by atoms with E-state index in [0.29, 0.717) is 11.1 Å². The normalized spacial score (nSPS) is 15.1. The molecule has 0 spiro atoms. The van der Waals surface area contributed by atoms with E-state index in [1.807, 2.05) is 0 Å². The molecule has 0 saturated carbocycles. The highest BCUT2D eigenvalue weighted by Gasteiger charge is 2.31. The molecule has 0 atom stereocenters. The van der Waals surface area contributed by atoms with Gasteiger partial charge in [0.2, 0.25) is 0 Å². The number of aromatic nitrogens is 1. The van der Waals surface area contributed by atoms with Crippen LogP contribution in [0.5, 0.6) is 5.75 Å². The average molecular weight is 334 g/mol. The highest BCUT2D eigenvalue weighted by Crippen LogP contribution is 2.39. The van der Waals surface area contributed by atoms with Crippen molar-refractivity contribution in [2.75, 3.05) is 6.61 Å². The summed E-state index contributed by atoms with van der Waals surface area (Å²) in [6.07, 6.45) is -1.68. The summed E-state index contributed by atoms with van der Waals surface area (Å²) in [6.45, 7) is -1.35. The third-order valence-electron chi connectivity index (χ3n) is 2.29. The summed E-state index contributed by atoms with van der Waals surface area (Å²) in [5, 5.41) is 0.0803. The lowest BCUT2D eigenvalue weighted by Gasteiger charge is -2.23. The van der Waals surface area contributed by atoms with Crippen molar-refractivity contribution < 1.29 is 17.9 Å². The van der Waals surface area contributed by atoms with Crippen molar-refractivity contribution in [2.24, 2.45) is 0 Å². The van der Waals surface area contributed by atoms with Crippen LogP contribution in [0.15, 0.2) is 12.4 Å². The fourth-order valence-corrected chi connectivity index (χ4v) is 2.32. The lowest BCUT2D eigenvalue weighted by atomic mass is 10.1. The van der Waals surface area contributed by atoms with Crippen LogP contribution in [0.1, 0.15) is 11.1 Å². The minimum absolute atomic E-state index is 0.114. The Balaban J connectivity index is 2.39. The van der Waals surface area contributed by atoms with Gasteiger partial charge in [-0.3, -0.25) is 4.42 Å². The van der Waals surface area contributed by atoms with Gasteiger partial charge in [-0.1, -0.05) is 23.2 Å². The quantitative estimate of drug-likeness (QED) is 0.599. The van der Waals surface area contributed by atoms with E-state index in [1.165, 1.54) is 16.8 Å². The maximum absolute atomic E-state index is 12.2. The summed E-state index contributed by atoms with van der Waals surface area (Å²) < 4.78 is 42.5. The third kappa shape index (κ3) is 3.38. The molecule has 0 radical (unpaired) electrons. The van der Waals surface area contributed by atoms with E-state index in [1.54, 1.807) is 0 Å². The molecule has 0 unspecified atom stereocenters. The molecule has 1 aromatic rings. The van der Waals surface area contributed by atoms with E-state index in [4.69, 9.17) is 39.7 Å². The summed E-state index contributed by atoms with van der Waals surface area (Å²) >= 11 is 17.5. The topological polar surface area (TPSA) is 25.4 Å². The number of rotatable bonds is 2. The Hall–Kier alpha value is -0.850. The largest absolute Gasteiger partial charge is 0.480 e. The third-order valence-corrected chi connectivity index (χ3v) is 3.08. The minimum atomic E-state index is -4.47. The highest BCUT2D eigenvalue weighted by molar-refractivity contribution is 6.49. The van der Waals surface area contributed by atoms with Gasteiger partial charge >= 0.3 is 6.18 Å². The van der Waals surface area contributed by atoms with E-state index in [9.17, 15) is 13.2 Å². The molecule has 9 heteroatoms. The van der Waals surface area contributed by atoms with Gasteiger partial charge in [0.1, 0.15) is 0 Å². The van der Waals surface area contributed by atoms with E-state index in [2.05, 4.69) is 4.98 Å². The van der Waals surface area contributed by atoms with Crippen molar-refractivity contribution in [3.05, 3.63) is 28.7 Å². The SMILES string of the molecule is FC(F)(F)COc1c(Cl)ncc2c1CN(Cl)C=C2Cl. The van der Waals surface area contributed by atoms with E-state index in [0.717, 1.165) is 0 Å². The van der Waals surface area contributed by atoms with Crippen LogP contribution in [0.4, 0.5) is 13.2 Å². The number of hydrogen-bond donors (Lipinski definition) is 0. The highest BCUT2D eigenvalue weighted by atomic mass is 35.5. The van der Waals surface area contributed by atoms with Crippen LogP contribution in [0.2, 0.25) is 5.15 Å². The van der Waals surface area contributed by atoms with Crippen molar-refractivity contribution in [1.29, 1.82) is 0 Å². The molecule has 0 amide bonds. The zero-order valence-corrected chi connectivity index (χ0v) is 11.4. The van der Waals surface area contributed by atoms with Gasteiger partial charge < -0.3 is 4.74 Å². The molecule has 0 aliphatic carbocycles. The van der Waals surface area contributed by atoms with Crippen LogP contribution in [0, 0.1) is 0 Å². The summed E-state index contributed by atoms with van der Waals surface area (Å²) in [4.78, 5) is 3.75. The first-order valence-electron chi connectivity index (χ1n) is 4.95. The molecule has 1 aliphatic heterocycles. The Morgan fingerprint density at radius 1 is 1.37 bits per heavy atom. The molecule has 0 bridgehead atoms. The number of nitrogens with zero attached hydrogens (tertiary/aromatic N) is 2. The maximum atomic E-state index is 12.2. The fraction of sp³-hybridized carbons (Fsp3) is 0.300. The minimum Gasteiger partial charge on any atom is -0.480 e. The van der Waals surface area contributed by atoms with Crippen LogP contribution in [-0.2, 0) is 6.54 Å². The monoisotopic (exact) mass is 332 g/mol. The standard InChI is InChI=1S/C10H6Cl3F3N2O/c11-7-3-18(13)2-6-5(7)1-17-9(12)8(6)19-4-10(14,15)16/h1,3H,2,4H2. The molecule has 1 aromatic heterocycles. The van der Waals surface area contributed by atoms with Crippen LogP contribution in [-0.4, -0.2) is 22.2 Å². The zero-order valence-electron chi connectivity index (χ0n) is 9.14. The molecule has 3 nitrogen and oxygen atoms in total. The van der Waals surface area contributed by atoms with Crippen molar-refractivity contribution in [3.63, 3.8) is 0 Å². The first kappa shape index (κ1) is 14.6. The molecule has 104 valence electrons. The van der Waals surface area contributed by atoms with Gasteiger partial charge in [0.25, 0.3) is 0 Å². The van der Waals surface area contributed by atoms with Crippen molar-refractivity contribution in [2.45, 2.75) is 12.7 Å². The first-order chi connectivity index (χ1) is 8.78. The van der Waals surface area contributed by atoms with Gasteiger partial charge in [0, 0.05) is 35.3 Å². The van der Waals surface area contributed by atoms with Crippen molar-refractivity contribution >= 4 is 40.0 Å². The predicted octanol–water partition coefficient (Wildman–Crippen LogP) is 4.18. The Kier molecular flexibility index (Phi) is 4.03. The molecular weight excluding hydrogens is 327 g/mol. The van der Waals surface area contributed by atoms with Gasteiger partial charge in [-0.05, 0) is 0 Å². The summed E-state index contributed by atoms with van der Waals surface area (Å²) in [5.74, 6) is -0.159. The second-order valence-electron chi connectivity index (χ2n) is 3.71. The molecule has 1 aliphatic rings. The van der Waals surface area contributed by atoms with Crippen LogP contribution in [0.25, 0.3) is 5.03 Å². The molecule has 2 rings (SSSR count). The fourth-order valence-electron chi connectivity index (χ4n) is 1.56. The van der Waals surface area contributed by atoms with Crippen molar-refractivity contribution in [3.8, 4) is 5.75 Å². The van der Waals surface area contributed by atoms with Gasteiger partial charge in [-0.25, -0.2) is 4.98 Å². The number of pyridine rings is 1. The summed E-state index contributed by atoms with van der Waals surface area (Å²) in [6, 6.07) is 0. The van der Waals surface area contributed by atoms with Crippen LogP contribution >= 0.6 is 35.0 Å². The second kappa shape index (κ2) is 5.26. The number of ether oxygens (including phenoxy) is 1. The molecular formula is C10H6Cl3F3N2O. The maximum Gasteiger partial charge on any atom is 0.422 e. The smallest absolute Gasteiger partial charge is 0.422 e. The summed E-state index contributed by atoms with van der Waals surface area (Å²) in [5.41, 5.74) is 0.812. The number of alkyl halides is 3. The van der Waals surface area contributed by atoms with Crippen LogP contribution < -0.4 is 4.74 Å². The molecule has 19 heavy (non-hydrogen) atoms. The molecule has 2 heterocycles. The Labute approximate surface area is 121 Å². The molecule has 0 aromatic carbocycles. The lowest BCUT2D eigenvalue weighted by Crippen LogP contribution is -2.21. The van der Waals surface area contributed by atoms with Crippen LogP contribution in [0.3, 0.4) is 0 Å². The van der Waals surface area contributed by atoms with Gasteiger partial charge in [-0.15, -0.1) is 0 Å². The van der Waals surface area contributed by atoms with Gasteiger partial charge in [-0.2, -0.15) is 13.2 Å². The van der Waals surface area contributed by atoms with E-state index < -0.39 is 12.8 Å². The average Bonchev–Trinajstić information content (AvgIpc) is 2.25. The second-order valence-corrected chi connectivity index (χ2v) is 4.91. The van der Waals surface area contributed by atoms with E-state index >= 15 is 0 Å². The molecule has 0 saturated heterocycles. The van der Waals surface area contributed by atoms with Crippen molar-refractivity contribution in [1.82, 2.24) is 9.40 Å². The van der Waals surface area contributed by atoms with E-state index in [-0.39, 0.29) is 22.5 Å². The molecule has 0 fully saturated rings. The number of halogens is 6. The van der Waals surface area contributed by atoms with Gasteiger partial charge in [0.15, 0.2) is 17.5 Å². The number of hydrogen-bond acceptors (Lipinski definition) is 3. The Bertz CT molecular complexity index is 533. The lowest BCUT2D eigenvalue weighted by molar-refractivity contribution is -0.153. The molecule has 0 N–H and O–H groups in total. The zero-order chi connectivity index (χ0) is 14.2.